The third-order valence-corrected chi connectivity index (χ3v) is 3.49. The summed E-state index contributed by atoms with van der Waals surface area (Å²) in [4.78, 5) is 12.5. The molecule has 0 aliphatic carbocycles. The Kier molecular flexibility index (Phi) is 3.66. The molecule has 2 rings (SSSR count). The molecule has 1 aliphatic heterocycles. The first kappa shape index (κ1) is 12.6. The van der Waals surface area contributed by atoms with Gasteiger partial charge in [0.15, 0.2) is 5.78 Å². The van der Waals surface area contributed by atoms with Gasteiger partial charge in [0, 0.05) is 6.42 Å². The average molecular weight is 242 g/mol. The number of hydrogen-bond acceptors (Lipinski definition) is 2. The number of rotatable bonds is 6. The van der Waals surface area contributed by atoms with Crippen LogP contribution in [0, 0.1) is 0 Å². The lowest BCUT2D eigenvalue weighted by molar-refractivity contribution is -0.132. The number of ketones is 1. The highest BCUT2D eigenvalue weighted by Crippen LogP contribution is 2.42. The predicted octanol–water partition coefficient (Wildman–Crippen LogP) is 3.39. The van der Waals surface area contributed by atoms with Gasteiger partial charge in [0.1, 0.15) is 17.8 Å². The van der Waals surface area contributed by atoms with Crippen molar-refractivity contribution in [3.05, 3.63) is 60.9 Å². The second kappa shape index (κ2) is 5.21. The van der Waals surface area contributed by atoms with E-state index in [1.165, 1.54) is 0 Å². The summed E-state index contributed by atoms with van der Waals surface area (Å²) >= 11 is 0. The summed E-state index contributed by atoms with van der Waals surface area (Å²) in [7, 11) is 0. The molecule has 0 saturated carbocycles. The molecule has 2 nitrogen and oxygen atoms in total. The number of unbranched alkanes of at least 4 members (excludes halogenated alkanes) is 1. The van der Waals surface area contributed by atoms with E-state index in [4.69, 9.17) is 4.74 Å². The van der Waals surface area contributed by atoms with E-state index < -0.39 is 5.41 Å². The van der Waals surface area contributed by atoms with Crippen LogP contribution in [0.15, 0.2) is 55.3 Å². The number of allylic oxidation sites excluding steroid dienone is 1. The van der Waals surface area contributed by atoms with E-state index in [2.05, 4.69) is 13.2 Å². The Morgan fingerprint density at radius 2 is 2.11 bits per heavy atom. The quantitative estimate of drug-likeness (QED) is 0.564. The molecule has 0 N–H and O–H groups in total. The fourth-order valence-corrected chi connectivity index (χ4v) is 2.30. The van der Waals surface area contributed by atoms with Crippen LogP contribution in [0.3, 0.4) is 0 Å². The van der Waals surface area contributed by atoms with Crippen molar-refractivity contribution in [1.82, 2.24) is 0 Å². The first-order valence-corrected chi connectivity index (χ1v) is 6.23. The molecule has 1 fully saturated rings. The highest BCUT2D eigenvalue weighted by molar-refractivity contribution is 5.94. The van der Waals surface area contributed by atoms with Crippen molar-refractivity contribution in [3.8, 4) is 0 Å². The lowest BCUT2D eigenvalue weighted by atomic mass is 9.71. The molecule has 1 aromatic rings. The van der Waals surface area contributed by atoms with Gasteiger partial charge in [-0.05, 0) is 18.4 Å². The van der Waals surface area contributed by atoms with E-state index in [-0.39, 0.29) is 5.78 Å². The predicted molar refractivity (Wildman–Crippen MR) is 72.3 cm³/mol. The first-order valence-electron chi connectivity index (χ1n) is 6.23. The SMILES string of the molecule is C=CCCCC(=O)C1(c2ccccc2)COC1=C. The molecular weight excluding hydrogens is 224 g/mol. The zero-order valence-corrected chi connectivity index (χ0v) is 10.5. The minimum absolute atomic E-state index is 0.201. The molecule has 1 unspecified atom stereocenters. The Balaban J connectivity index is 2.20. The fourth-order valence-electron chi connectivity index (χ4n) is 2.30. The summed E-state index contributed by atoms with van der Waals surface area (Å²) in [6, 6.07) is 9.78. The monoisotopic (exact) mass is 242 g/mol. The lowest BCUT2D eigenvalue weighted by Gasteiger charge is -2.42. The van der Waals surface area contributed by atoms with Crippen LogP contribution in [-0.2, 0) is 14.9 Å². The highest BCUT2D eigenvalue weighted by atomic mass is 16.5. The van der Waals surface area contributed by atoms with Crippen molar-refractivity contribution in [2.24, 2.45) is 0 Å². The number of Topliss-reactive ketones (excluding diaryl/α,β-unsaturated/α-hetero) is 1. The van der Waals surface area contributed by atoms with Crippen LogP contribution in [0.5, 0.6) is 0 Å². The molecule has 18 heavy (non-hydrogen) atoms. The van der Waals surface area contributed by atoms with E-state index >= 15 is 0 Å². The average Bonchev–Trinajstić information content (AvgIpc) is 2.39. The van der Waals surface area contributed by atoms with Crippen molar-refractivity contribution in [2.75, 3.05) is 6.61 Å². The standard InChI is InChI=1S/C16H18O2/c1-3-4-6-11-15(17)16(12-18-13(16)2)14-9-7-5-8-10-14/h3,5,7-10H,1-2,4,6,11-12H2. The van der Waals surface area contributed by atoms with Gasteiger partial charge in [-0.3, -0.25) is 4.79 Å². The van der Waals surface area contributed by atoms with Crippen LogP contribution in [0.1, 0.15) is 24.8 Å². The van der Waals surface area contributed by atoms with Gasteiger partial charge in [0.25, 0.3) is 0 Å². The second-order valence-corrected chi connectivity index (χ2v) is 4.59. The summed E-state index contributed by atoms with van der Waals surface area (Å²) < 4.78 is 5.29. The molecule has 0 spiro atoms. The second-order valence-electron chi connectivity index (χ2n) is 4.59. The van der Waals surface area contributed by atoms with E-state index in [0.717, 1.165) is 18.4 Å². The van der Waals surface area contributed by atoms with Crippen molar-refractivity contribution in [3.63, 3.8) is 0 Å². The summed E-state index contributed by atoms with van der Waals surface area (Å²) in [5.74, 6) is 0.782. The maximum absolute atomic E-state index is 12.5. The van der Waals surface area contributed by atoms with Gasteiger partial charge in [-0.2, -0.15) is 0 Å². The van der Waals surface area contributed by atoms with Crippen molar-refractivity contribution < 1.29 is 9.53 Å². The van der Waals surface area contributed by atoms with Gasteiger partial charge in [-0.1, -0.05) is 43.0 Å². The van der Waals surface area contributed by atoms with Gasteiger partial charge in [0.05, 0.1) is 0 Å². The first-order chi connectivity index (χ1) is 8.71. The zero-order valence-electron chi connectivity index (χ0n) is 10.5. The molecule has 0 bridgehead atoms. The third-order valence-electron chi connectivity index (χ3n) is 3.49. The normalized spacial score (nSPS) is 21.9. The van der Waals surface area contributed by atoms with Gasteiger partial charge in [-0.15, -0.1) is 6.58 Å². The van der Waals surface area contributed by atoms with Gasteiger partial charge in [-0.25, -0.2) is 0 Å². The number of hydrogen-bond donors (Lipinski definition) is 0. The molecule has 0 radical (unpaired) electrons. The number of carbonyl (C=O) groups excluding carboxylic acids is 1. The summed E-state index contributed by atoms with van der Waals surface area (Å²) in [6.45, 7) is 7.97. The zero-order chi connectivity index (χ0) is 13.0. The highest BCUT2D eigenvalue weighted by Gasteiger charge is 2.51. The van der Waals surface area contributed by atoms with Crippen LogP contribution in [0.4, 0.5) is 0 Å². The molecule has 2 heteroatoms. The van der Waals surface area contributed by atoms with Crippen LogP contribution in [-0.4, -0.2) is 12.4 Å². The molecular formula is C16H18O2. The largest absolute Gasteiger partial charge is 0.495 e. The van der Waals surface area contributed by atoms with Gasteiger partial charge in [0.2, 0.25) is 0 Å². The Hall–Kier alpha value is -1.83. The summed E-state index contributed by atoms with van der Waals surface area (Å²) in [5.41, 5.74) is 0.382. The van der Waals surface area contributed by atoms with Gasteiger partial charge < -0.3 is 4.74 Å². The molecule has 1 saturated heterocycles. The molecule has 1 aromatic carbocycles. The van der Waals surface area contributed by atoms with Crippen molar-refractivity contribution >= 4 is 5.78 Å². The molecule has 0 aromatic heterocycles. The molecule has 1 heterocycles. The van der Waals surface area contributed by atoms with E-state index in [1.54, 1.807) is 0 Å². The minimum Gasteiger partial charge on any atom is -0.495 e. The molecule has 94 valence electrons. The van der Waals surface area contributed by atoms with Crippen molar-refractivity contribution in [2.45, 2.75) is 24.7 Å². The Morgan fingerprint density at radius 3 is 2.61 bits per heavy atom. The van der Waals surface area contributed by atoms with Gasteiger partial charge >= 0.3 is 0 Å². The smallest absolute Gasteiger partial charge is 0.154 e. The third kappa shape index (κ3) is 1.99. The van der Waals surface area contributed by atoms with Crippen LogP contribution in [0.25, 0.3) is 0 Å². The maximum Gasteiger partial charge on any atom is 0.154 e. The molecule has 1 atom stereocenters. The minimum atomic E-state index is -0.609. The Morgan fingerprint density at radius 1 is 1.39 bits per heavy atom. The van der Waals surface area contributed by atoms with Crippen LogP contribution >= 0.6 is 0 Å². The number of carbonyl (C=O) groups is 1. The topological polar surface area (TPSA) is 26.3 Å². The fraction of sp³-hybridized carbons (Fsp3) is 0.312. The summed E-state index contributed by atoms with van der Waals surface area (Å²) in [5, 5.41) is 0. The van der Waals surface area contributed by atoms with E-state index in [1.807, 2.05) is 36.4 Å². The van der Waals surface area contributed by atoms with E-state index in [0.29, 0.717) is 18.8 Å². The Bertz CT molecular complexity index is 461. The van der Waals surface area contributed by atoms with Crippen LogP contribution in [0.2, 0.25) is 0 Å². The number of ether oxygens (including phenoxy) is 1. The number of benzene rings is 1. The molecule has 1 aliphatic rings. The summed E-state index contributed by atoms with van der Waals surface area (Å²) in [6.07, 6.45) is 4.09. The Labute approximate surface area is 108 Å². The van der Waals surface area contributed by atoms with Crippen molar-refractivity contribution in [1.29, 1.82) is 0 Å². The maximum atomic E-state index is 12.5. The van der Waals surface area contributed by atoms with Crippen LogP contribution < -0.4 is 0 Å². The lowest BCUT2D eigenvalue weighted by Crippen LogP contribution is -2.50. The van der Waals surface area contributed by atoms with E-state index in [9.17, 15) is 4.79 Å². The molecule has 0 amide bonds.